The van der Waals surface area contributed by atoms with Crippen molar-refractivity contribution in [3.05, 3.63) is 78.1 Å². The van der Waals surface area contributed by atoms with Gasteiger partial charge in [-0.25, -0.2) is 4.98 Å². The molecule has 0 saturated carbocycles. The minimum Gasteiger partial charge on any atom is -0.490 e. The number of hydrogen-bond acceptors (Lipinski definition) is 6. The van der Waals surface area contributed by atoms with Crippen LogP contribution < -0.4 is 14.8 Å². The van der Waals surface area contributed by atoms with Gasteiger partial charge in [0.05, 0.1) is 16.8 Å². The van der Waals surface area contributed by atoms with Gasteiger partial charge in [0, 0.05) is 23.5 Å². The number of thiazole rings is 1. The SMILES string of the molecule is CCOc1cc(C(=O)Nc2nc3ccccc3s2)ccc1OCc1cccnc1. The number of hydrogen-bond donors (Lipinski definition) is 1. The topological polar surface area (TPSA) is 73.3 Å². The highest BCUT2D eigenvalue weighted by molar-refractivity contribution is 7.22. The largest absolute Gasteiger partial charge is 0.490 e. The van der Waals surface area contributed by atoms with Gasteiger partial charge in [-0.3, -0.25) is 15.1 Å². The molecule has 29 heavy (non-hydrogen) atoms. The first kappa shape index (κ1) is 18.9. The molecule has 2 aromatic heterocycles. The van der Waals surface area contributed by atoms with Crippen LogP contribution in [0.4, 0.5) is 5.13 Å². The molecule has 6 nitrogen and oxygen atoms in total. The molecule has 1 N–H and O–H groups in total. The smallest absolute Gasteiger partial charge is 0.257 e. The summed E-state index contributed by atoms with van der Waals surface area (Å²) in [7, 11) is 0. The van der Waals surface area contributed by atoms with Gasteiger partial charge in [0.1, 0.15) is 6.61 Å². The van der Waals surface area contributed by atoms with Crippen LogP contribution in [0.2, 0.25) is 0 Å². The second-order valence-corrected chi connectivity index (χ2v) is 7.22. The van der Waals surface area contributed by atoms with E-state index in [4.69, 9.17) is 9.47 Å². The molecular formula is C22H19N3O3S. The van der Waals surface area contributed by atoms with E-state index < -0.39 is 0 Å². The molecule has 0 aliphatic rings. The van der Waals surface area contributed by atoms with Gasteiger partial charge in [-0.1, -0.05) is 29.5 Å². The van der Waals surface area contributed by atoms with E-state index in [0.29, 0.717) is 35.4 Å². The van der Waals surface area contributed by atoms with Crippen molar-refractivity contribution in [1.29, 1.82) is 0 Å². The summed E-state index contributed by atoms with van der Waals surface area (Å²) in [4.78, 5) is 21.2. The molecule has 0 radical (unpaired) electrons. The molecule has 0 aliphatic carbocycles. The maximum Gasteiger partial charge on any atom is 0.257 e. The lowest BCUT2D eigenvalue weighted by atomic mass is 10.2. The maximum absolute atomic E-state index is 12.7. The fraction of sp³-hybridized carbons (Fsp3) is 0.136. The van der Waals surface area contributed by atoms with Gasteiger partial charge in [0.25, 0.3) is 5.91 Å². The Morgan fingerprint density at radius 3 is 2.76 bits per heavy atom. The minimum absolute atomic E-state index is 0.246. The second-order valence-electron chi connectivity index (χ2n) is 6.19. The van der Waals surface area contributed by atoms with E-state index >= 15 is 0 Å². The van der Waals surface area contributed by atoms with Crippen molar-refractivity contribution in [2.75, 3.05) is 11.9 Å². The zero-order chi connectivity index (χ0) is 20.1. The van der Waals surface area contributed by atoms with E-state index in [0.717, 1.165) is 15.8 Å². The Morgan fingerprint density at radius 2 is 1.97 bits per heavy atom. The molecule has 0 bridgehead atoms. The molecule has 146 valence electrons. The predicted molar refractivity (Wildman–Crippen MR) is 114 cm³/mol. The average molecular weight is 405 g/mol. The highest BCUT2D eigenvalue weighted by atomic mass is 32.1. The Balaban J connectivity index is 1.50. The molecule has 0 atom stereocenters. The van der Waals surface area contributed by atoms with Crippen molar-refractivity contribution >= 4 is 32.6 Å². The van der Waals surface area contributed by atoms with Crippen LogP contribution in [0.1, 0.15) is 22.8 Å². The Kier molecular flexibility index (Phi) is 5.67. The molecule has 1 amide bonds. The molecule has 0 spiro atoms. The van der Waals surface area contributed by atoms with Crippen molar-refractivity contribution in [3.63, 3.8) is 0 Å². The summed E-state index contributed by atoms with van der Waals surface area (Å²) in [6.07, 6.45) is 3.47. The fourth-order valence-electron chi connectivity index (χ4n) is 2.78. The highest BCUT2D eigenvalue weighted by Crippen LogP contribution is 2.30. The summed E-state index contributed by atoms with van der Waals surface area (Å²) in [5.74, 6) is 0.851. The van der Waals surface area contributed by atoms with Gasteiger partial charge in [-0.2, -0.15) is 0 Å². The quantitative estimate of drug-likeness (QED) is 0.472. The van der Waals surface area contributed by atoms with E-state index in [1.165, 1.54) is 11.3 Å². The normalized spacial score (nSPS) is 10.7. The van der Waals surface area contributed by atoms with E-state index in [9.17, 15) is 4.79 Å². The predicted octanol–water partition coefficient (Wildman–Crippen LogP) is 4.92. The highest BCUT2D eigenvalue weighted by Gasteiger charge is 2.14. The first-order valence-corrected chi connectivity index (χ1v) is 10.00. The van der Waals surface area contributed by atoms with Crippen molar-refractivity contribution in [2.24, 2.45) is 0 Å². The number of fused-ring (bicyclic) bond motifs is 1. The Morgan fingerprint density at radius 1 is 1.07 bits per heavy atom. The molecule has 0 fully saturated rings. The van der Waals surface area contributed by atoms with Gasteiger partial charge in [0.2, 0.25) is 0 Å². The van der Waals surface area contributed by atoms with E-state index in [1.807, 2.05) is 43.3 Å². The number of nitrogens with zero attached hydrogens (tertiary/aromatic N) is 2. The van der Waals surface area contributed by atoms with E-state index in [-0.39, 0.29) is 5.91 Å². The van der Waals surface area contributed by atoms with Crippen LogP contribution in [0.15, 0.2) is 67.0 Å². The van der Waals surface area contributed by atoms with Gasteiger partial charge >= 0.3 is 0 Å². The zero-order valence-corrected chi connectivity index (χ0v) is 16.6. The standard InChI is InChI=1S/C22H19N3O3S/c1-2-27-19-12-16(9-10-18(19)28-14-15-6-5-11-23-13-15)21(26)25-22-24-17-7-3-4-8-20(17)29-22/h3-13H,2,14H2,1H3,(H,24,25,26). The molecule has 2 heterocycles. The zero-order valence-electron chi connectivity index (χ0n) is 15.8. The average Bonchev–Trinajstić information content (AvgIpc) is 3.16. The lowest BCUT2D eigenvalue weighted by Crippen LogP contribution is -2.12. The van der Waals surface area contributed by atoms with Crippen LogP contribution in [-0.4, -0.2) is 22.5 Å². The van der Waals surface area contributed by atoms with Crippen LogP contribution in [-0.2, 0) is 6.61 Å². The summed E-state index contributed by atoms with van der Waals surface area (Å²) < 4.78 is 12.6. The summed E-state index contributed by atoms with van der Waals surface area (Å²) in [6, 6.07) is 16.7. The molecule has 0 unspecified atom stereocenters. The van der Waals surface area contributed by atoms with Gasteiger partial charge in [0.15, 0.2) is 16.6 Å². The number of amides is 1. The van der Waals surface area contributed by atoms with Gasteiger partial charge in [-0.05, 0) is 43.3 Å². The number of aromatic nitrogens is 2. The third-order valence-electron chi connectivity index (χ3n) is 4.14. The van der Waals surface area contributed by atoms with Crippen molar-refractivity contribution in [1.82, 2.24) is 9.97 Å². The van der Waals surface area contributed by atoms with Crippen LogP contribution >= 0.6 is 11.3 Å². The van der Waals surface area contributed by atoms with E-state index in [2.05, 4.69) is 15.3 Å². The van der Waals surface area contributed by atoms with Crippen LogP contribution in [0.3, 0.4) is 0 Å². The van der Waals surface area contributed by atoms with Crippen molar-refractivity contribution < 1.29 is 14.3 Å². The molecule has 0 saturated heterocycles. The number of pyridine rings is 1. The maximum atomic E-state index is 12.7. The van der Waals surface area contributed by atoms with Crippen LogP contribution in [0, 0.1) is 0 Å². The molecule has 7 heteroatoms. The fourth-order valence-corrected chi connectivity index (χ4v) is 3.64. The number of para-hydroxylation sites is 1. The molecule has 2 aromatic carbocycles. The number of anilines is 1. The molecule has 4 aromatic rings. The number of carbonyl (C=O) groups excluding carboxylic acids is 1. The number of carbonyl (C=O) groups is 1. The summed E-state index contributed by atoms with van der Waals surface area (Å²) in [5.41, 5.74) is 2.29. The second kappa shape index (κ2) is 8.70. The Hall–Kier alpha value is -3.45. The number of benzene rings is 2. The van der Waals surface area contributed by atoms with Crippen LogP contribution in [0.25, 0.3) is 10.2 Å². The lowest BCUT2D eigenvalue weighted by molar-refractivity contribution is 0.102. The lowest BCUT2D eigenvalue weighted by Gasteiger charge is -2.13. The third-order valence-corrected chi connectivity index (χ3v) is 5.09. The molecule has 4 rings (SSSR count). The Bertz CT molecular complexity index is 1100. The molecular weight excluding hydrogens is 386 g/mol. The van der Waals surface area contributed by atoms with Crippen LogP contribution in [0.5, 0.6) is 11.5 Å². The van der Waals surface area contributed by atoms with Gasteiger partial charge < -0.3 is 9.47 Å². The van der Waals surface area contributed by atoms with Gasteiger partial charge in [-0.15, -0.1) is 0 Å². The number of ether oxygens (including phenoxy) is 2. The summed E-state index contributed by atoms with van der Waals surface area (Å²) >= 11 is 1.44. The van der Waals surface area contributed by atoms with E-state index in [1.54, 1.807) is 30.6 Å². The monoisotopic (exact) mass is 405 g/mol. The molecule has 0 aliphatic heterocycles. The van der Waals surface area contributed by atoms with Crippen molar-refractivity contribution in [2.45, 2.75) is 13.5 Å². The number of nitrogens with one attached hydrogen (secondary N) is 1. The third kappa shape index (κ3) is 4.52. The summed E-state index contributed by atoms with van der Waals surface area (Å²) in [5, 5.41) is 3.42. The summed E-state index contributed by atoms with van der Waals surface area (Å²) in [6.45, 7) is 2.72. The minimum atomic E-state index is -0.246. The van der Waals surface area contributed by atoms with Crippen molar-refractivity contribution in [3.8, 4) is 11.5 Å². The number of rotatable bonds is 7. The Labute approximate surface area is 172 Å². The first-order valence-electron chi connectivity index (χ1n) is 9.18. The first-order chi connectivity index (χ1) is 14.2.